The van der Waals surface area contributed by atoms with Gasteiger partial charge in [-0.05, 0) is 60.7 Å². The zero-order valence-corrected chi connectivity index (χ0v) is 12.8. The van der Waals surface area contributed by atoms with Crippen LogP contribution in [0, 0.1) is 12.8 Å². The fraction of sp³-hybridized carbons (Fsp3) is 0.571. The van der Waals surface area contributed by atoms with Gasteiger partial charge in [0.1, 0.15) is 10.4 Å². The number of hydrogen-bond donors (Lipinski definition) is 0. The molecule has 2 rings (SSSR count). The predicted octanol–water partition coefficient (Wildman–Crippen LogP) is 3.26. The molecule has 1 fully saturated rings. The summed E-state index contributed by atoms with van der Waals surface area (Å²) in [7, 11) is 1.44. The lowest BCUT2D eigenvalue weighted by molar-refractivity contribution is -0.147. The van der Waals surface area contributed by atoms with Crippen LogP contribution in [0.2, 0.25) is 0 Å². The first-order chi connectivity index (χ1) is 9.10. The maximum atomic E-state index is 11.6. The van der Waals surface area contributed by atoms with Crippen molar-refractivity contribution in [3.05, 3.63) is 22.4 Å². The Morgan fingerprint density at radius 1 is 1.42 bits per heavy atom. The van der Waals surface area contributed by atoms with Crippen LogP contribution >= 0.6 is 15.9 Å². The molecule has 1 aromatic rings. The molecule has 4 nitrogen and oxygen atoms in total. The lowest BCUT2D eigenvalue weighted by Crippen LogP contribution is -2.30. The third kappa shape index (κ3) is 3.69. The molecule has 1 aliphatic carbocycles. The van der Waals surface area contributed by atoms with E-state index < -0.39 is 0 Å². The Morgan fingerprint density at radius 2 is 2.21 bits per heavy atom. The van der Waals surface area contributed by atoms with Crippen molar-refractivity contribution in [3.8, 4) is 5.75 Å². The van der Waals surface area contributed by atoms with Crippen molar-refractivity contribution < 1.29 is 14.3 Å². The molecule has 0 spiro atoms. The first kappa shape index (κ1) is 14.3. The Labute approximate surface area is 121 Å². The Bertz CT molecular complexity index is 464. The summed E-state index contributed by atoms with van der Waals surface area (Å²) < 4.78 is 11.6. The summed E-state index contributed by atoms with van der Waals surface area (Å²) in [5, 5.41) is 0. The van der Waals surface area contributed by atoms with Gasteiger partial charge < -0.3 is 9.47 Å². The molecule has 0 saturated heterocycles. The number of aryl methyl sites for hydroxylation is 1. The van der Waals surface area contributed by atoms with E-state index in [2.05, 4.69) is 20.9 Å². The number of carbonyl (C=O) groups excluding carboxylic acids is 1. The second-order valence-electron chi connectivity index (χ2n) is 4.84. The lowest BCUT2D eigenvalue weighted by Gasteiger charge is -2.28. The van der Waals surface area contributed by atoms with E-state index in [9.17, 15) is 4.79 Å². The minimum Gasteiger partial charge on any atom is -0.489 e. The second kappa shape index (κ2) is 6.37. The standard InChI is InChI=1S/C14H18BrNO3/c1-9-12(6-7-13(15)16-9)19-11-5-3-4-10(8-11)14(17)18-2/h6-7,10-11H,3-5,8H2,1-2H3/t10-,11-/m0/s1. The summed E-state index contributed by atoms with van der Waals surface area (Å²) in [5.41, 5.74) is 0.856. The number of esters is 1. The molecule has 5 heteroatoms. The monoisotopic (exact) mass is 327 g/mol. The van der Waals surface area contributed by atoms with Crippen LogP contribution in [0.25, 0.3) is 0 Å². The fourth-order valence-corrected chi connectivity index (χ4v) is 2.85. The highest BCUT2D eigenvalue weighted by Crippen LogP contribution is 2.29. The number of pyridine rings is 1. The molecule has 104 valence electrons. The number of ether oxygens (including phenoxy) is 2. The Morgan fingerprint density at radius 3 is 2.89 bits per heavy atom. The number of rotatable bonds is 3. The van der Waals surface area contributed by atoms with Gasteiger partial charge in [-0.2, -0.15) is 0 Å². The van der Waals surface area contributed by atoms with Crippen molar-refractivity contribution in [1.29, 1.82) is 0 Å². The first-order valence-electron chi connectivity index (χ1n) is 6.47. The summed E-state index contributed by atoms with van der Waals surface area (Å²) in [6, 6.07) is 3.77. The normalized spacial score (nSPS) is 22.9. The predicted molar refractivity (Wildman–Crippen MR) is 75.1 cm³/mol. The van der Waals surface area contributed by atoms with Crippen molar-refractivity contribution in [3.63, 3.8) is 0 Å². The lowest BCUT2D eigenvalue weighted by atomic mass is 9.87. The highest BCUT2D eigenvalue weighted by atomic mass is 79.9. The van der Waals surface area contributed by atoms with Crippen LogP contribution in [-0.4, -0.2) is 24.2 Å². The summed E-state index contributed by atoms with van der Waals surface area (Å²) in [6.07, 6.45) is 3.66. The van der Waals surface area contributed by atoms with Gasteiger partial charge in [0.05, 0.1) is 24.8 Å². The topological polar surface area (TPSA) is 48.4 Å². The molecule has 1 aliphatic rings. The zero-order valence-electron chi connectivity index (χ0n) is 11.2. The van der Waals surface area contributed by atoms with Crippen molar-refractivity contribution in [1.82, 2.24) is 4.98 Å². The number of nitrogens with zero attached hydrogens (tertiary/aromatic N) is 1. The smallest absolute Gasteiger partial charge is 0.308 e. The van der Waals surface area contributed by atoms with Gasteiger partial charge >= 0.3 is 5.97 Å². The van der Waals surface area contributed by atoms with E-state index in [4.69, 9.17) is 9.47 Å². The van der Waals surface area contributed by atoms with Crippen LogP contribution in [0.4, 0.5) is 0 Å². The van der Waals surface area contributed by atoms with E-state index in [0.29, 0.717) is 0 Å². The molecule has 0 amide bonds. The highest BCUT2D eigenvalue weighted by molar-refractivity contribution is 9.10. The van der Waals surface area contributed by atoms with Gasteiger partial charge in [0.15, 0.2) is 0 Å². The Balaban J connectivity index is 2.00. The molecule has 19 heavy (non-hydrogen) atoms. The first-order valence-corrected chi connectivity index (χ1v) is 7.27. The quantitative estimate of drug-likeness (QED) is 0.631. The molecule has 0 unspecified atom stereocenters. The molecule has 0 N–H and O–H groups in total. The maximum Gasteiger partial charge on any atom is 0.308 e. The van der Waals surface area contributed by atoms with Crippen LogP contribution < -0.4 is 4.74 Å². The molecule has 0 bridgehead atoms. The largest absolute Gasteiger partial charge is 0.489 e. The maximum absolute atomic E-state index is 11.6. The molecular formula is C14H18BrNO3. The van der Waals surface area contributed by atoms with Gasteiger partial charge in [0.25, 0.3) is 0 Å². The number of methoxy groups -OCH3 is 1. The fourth-order valence-electron chi connectivity index (χ4n) is 2.45. The van der Waals surface area contributed by atoms with Gasteiger partial charge in [-0.1, -0.05) is 0 Å². The molecule has 0 aliphatic heterocycles. The van der Waals surface area contributed by atoms with E-state index >= 15 is 0 Å². The number of hydrogen-bond acceptors (Lipinski definition) is 4. The minimum absolute atomic E-state index is 0.0348. The second-order valence-corrected chi connectivity index (χ2v) is 5.66. The van der Waals surface area contributed by atoms with E-state index in [1.165, 1.54) is 7.11 Å². The molecular weight excluding hydrogens is 310 g/mol. The van der Waals surface area contributed by atoms with Crippen LogP contribution in [0.1, 0.15) is 31.4 Å². The van der Waals surface area contributed by atoms with Gasteiger partial charge in [-0.15, -0.1) is 0 Å². The van der Waals surface area contributed by atoms with E-state index in [-0.39, 0.29) is 18.0 Å². The van der Waals surface area contributed by atoms with Crippen molar-refractivity contribution in [2.24, 2.45) is 5.92 Å². The van der Waals surface area contributed by atoms with E-state index in [1.54, 1.807) is 0 Å². The minimum atomic E-state index is -0.126. The number of halogens is 1. The third-order valence-electron chi connectivity index (χ3n) is 3.46. The zero-order chi connectivity index (χ0) is 13.8. The Hall–Kier alpha value is -1.10. The summed E-state index contributed by atoms with van der Waals surface area (Å²) >= 11 is 3.33. The molecule has 1 aromatic heterocycles. The highest BCUT2D eigenvalue weighted by Gasteiger charge is 2.29. The Kier molecular flexibility index (Phi) is 4.80. The SMILES string of the molecule is COC(=O)[C@H]1CCC[C@H](Oc2ccc(Br)nc2C)C1. The summed E-state index contributed by atoms with van der Waals surface area (Å²) in [6.45, 7) is 1.92. The molecule has 0 radical (unpaired) electrons. The van der Waals surface area contributed by atoms with Gasteiger partial charge in [0.2, 0.25) is 0 Å². The average Bonchev–Trinajstić information content (AvgIpc) is 2.41. The average molecular weight is 328 g/mol. The van der Waals surface area contributed by atoms with Crippen LogP contribution in [-0.2, 0) is 9.53 Å². The third-order valence-corrected chi connectivity index (χ3v) is 3.90. The van der Waals surface area contributed by atoms with Crippen molar-refractivity contribution in [2.45, 2.75) is 38.7 Å². The van der Waals surface area contributed by atoms with Crippen LogP contribution in [0.15, 0.2) is 16.7 Å². The van der Waals surface area contributed by atoms with Crippen LogP contribution in [0.3, 0.4) is 0 Å². The van der Waals surface area contributed by atoms with Gasteiger partial charge in [-0.3, -0.25) is 4.79 Å². The summed E-state index contributed by atoms with van der Waals surface area (Å²) in [5.74, 6) is 0.630. The molecule has 2 atom stereocenters. The number of carbonyl (C=O) groups is 1. The molecule has 1 saturated carbocycles. The molecule has 0 aromatic carbocycles. The van der Waals surface area contributed by atoms with E-state index in [0.717, 1.165) is 41.7 Å². The van der Waals surface area contributed by atoms with Gasteiger partial charge in [-0.25, -0.2) is 4.98 Å². The summed E-state index contributed by atoms with van der Waals surface area (Å²) in [4.78, 5) is 15.9. The van der Waals surface area contributed by atoms with Crippen molar-refractivity contribution >= 4 is 21.9 Å². The molecule has 1 heterocycles. The van der Waals surface area contributed by atoms with Crippen molar-refractivity contribution in [2.75, 3.05) is 7.11 Å². The number of aromatic nitrogens is 1. The van der Waals surface area contributed by atoms with Gasteiger partial charge in [0, 0.05) is 0 Å². The van der Waals surface area contributed by atoms with Crippen LogP contribution in [0.5, 0.6) is 5.75 Å². The van der Waals surface area contributed by atoms with E-state index in [1.807, 2.05) is 19.1 Å².